The molecule has 1 aliphatic rings. The third-order valence-corrected chi connectivity index (χ3v) is 5.23. The fraction of sp³-hybridized carbons (Fsp3) is 0.462. The normalized spacial score (nSPS) is 15.6. The second-order valence-corrected chi connectivity index (χ2v) is 6.86. The maximum atomic E-state index is 12.2. The van der Waals surface area contributed by atoms with Crippen molar-refractivity contribution in [3.63, 3.8) is 0 Å². The van der Waals surface area contributed by atoms with Gasteiger partial charge < -0.3 is 5.11 Å². The van der Waals surface area contributed by atoms with E-state index in [4.69, 9.17) is 5.11 Å². The van der Waals surface area contributed by atoms with Gasteiger partial charge in [-0.15, -0.1) is 0 Å². The van der Waals surface area contributed by atoms with Crippen molar-refractivity contribution in [2.24, 2.45) is 5.92 Å². The van der Waals surface area contributed by atoms with Gasteiger partial charge in [-0.1, -0.05) is 18.9 Å². The van der Waals surface area contributed by atoms with Gasteiger partial charge in [-0.25, -0.2) is 13.2 Å². The van der Waals surface area contributed by atoms with E-state index >= 15 is 0 Å². The summed E-state index contributed by atoms with van der Waals surface area (Å²) < 4.78 is 24.3. The monoisotopic (exact) mass is 268 g/mol. The average Bonchev–Trinajstić information content (AvgIpc) is 3.10. The lowest BCUT2D eigenvalue weighted by molar-refractivity contribution is 0.0696. The van der Waals surface area contributed by atoms with E-state index in [1.807, 2.05) is 0 Å². The second kappa shape index (κ2) is 4.72. The van der Waals surface area contributed by atoms with Crippen molar-refractivity contribution >= 4 is 15.8 Å². The summed E-state index contributed by atoms with van der Waals surface area (Å²) >= 11 is 0. The second-order valence-electron chi connectivity index (χ2n) is 4.78. The Morgan fingerprint density at radius 3 is 2.61 bits per heavy atom. The summed E-state index contributed by atoms with van der Waals surface area (Å²) in [5.74, 6) is -0.434. The van der Waals surface area contributed by atoms with Crippen LogP contribution in [0.5, 0.6) is 0 Å². The van der Waals surface area contributed by atoms with E-state index in [2.05, 4.69) is 0 Å². The van der Waals surface area contributed by atoms with Crippen molar-refractivity contribution in [2.45, 2.75) is 31.1 Å². The lowest BCUT2D eigenvalue weighted by Gasteiger charge is -2.09. The van der Waals surface area contributed by atoms with Gasteiger partial charge in [-0.2, -0.15) is 0 Å². The lowest BCUT2D eigenvalue weighted by Crippen LogP contribution is -2.11. The quantitative estimate of drug-likeness (QED) is 0.889. The molecular formula is C13H16O4S. The number of rotatable bonds is 5. The Hall–Kier alpha value is -1.36. The van der Waals surface area contributed by atoms with Gasteiger partial charge in [0.15, 0.2) is 9.84 Å². The highest BCUT2D eigenvalue weighted by Gasteiger charge is 2.26. The molecule has 1 fully saturated rings. The van der Waals surface area contributed by atoms with Gasteiger partial charge in [0.25, 0.3) is 0 Å². The minimum atomic E-state index is -3.37. The molecule has 0 amide bonds. The van der Waals surface area contributed by atoms with Crippen LogP contribution >= 0.6 is 0 Å². The Morgan fingerprint density at radius 1 is 1.39 bits per heavy atom. The first-order valence-corrected chi connectivity index (χ1v) is 7.62. The molecule has 1 N–H and O–H groups in total. The summed E-state index contributed by atoms with van der Waals surface area (Å²) in [6.45, 7) is 1.55. The molecule has 0 spiro atoms. The Kier molecular flexibility index (Phi) is 3.43. The minimum Gasteiger partial charge on any atom is -0.478 e. The van der Waals surface area contributed by atoms with E-state index in [0.717, 1.165) is 12.8 Å². The van der Waals surface area contributed by atoms with Gasteiger partial charge in [0, 0.05) is 0 Å². The van der Waals surface area contributed by atoms with Crippen LogP contribution in [-0.4, -0.2) is 25.2 Å². The lowest BCUT2D eigenvalue weighted by atomic mass is 10.1. The molecule has 18 heavy (non-hydrogen) atoms. The van der Waals surface area contributed by atoms with Crippen LogP contribution in [0.15, 0.2) is 23.1 Å². The number of hydrogen-bond donors (Lipinski definition) is 1. The summed E-state index contributed by atoms with van der Waals surface area (Å²) in [5.41, 5.74) is 0.392. The molecule has 1 aromatic carbocycles. The van der Waals surface area contributed by atoms with Gasteiger partial charge in [-0.05, 0) is 37.0 Å². The molecular weight excluding hydrogens is 252 g/mol. The van der Waals surface area contributed by atoms with E-state index in [1.54, 1.807) is 6.92 Å². The van der Waals surface area contributed by atoms with Crippen LogP contribution in [0, 0.1) is 12.8 Å². The van der Waals surface area contributed by atoms with Crippen LogP contribution in [0.4, 0.5) is 0 Å². The predicted octanol–water partition coefficient (Wildman–Crippen LogP) is 2.27. The molecule has 0 atom stereocenters. The molecule has 98 valence electrons. The van der Waals surface area contributed by atoms with Crippen molar-refractivity contribution in [3.8, 4) is 0 Å². The number of sulfone groups is 1. The van der Waals surface area contributed by atoms with Crippen molar-refractivity contribution in [2.75, 3.05) is 5.75 Å². The van der Waals surface area contributed by atoms with E-state index in [1.165, 1.54) is 18.2 Å². The van der Waals surface area contributed by atoms with Gasteiger partial charge >= 0.3 is 5.97 Å². The van der Waals surface area contributed by atoms with Crippen LogP contribution in [0.3, 0.4) is 0 Å². The maximum Gasteiger partial charge on any atom is 0.335 e. The van der Waals surface area contributed by atoms with Crippen LogP contribution in [0.1, 0.15) is 35.2 Å². The zero-order valence-corrected chi connectivity index (χ0v) is 11.0. The Bertz CT molecular complexity index is 571. The first kappa shape index (κ1) is 13.1. The van der Waals surface area contributed by atoms with E-state index in [9.17, 15) is 13.2 Å². The maximum absolute atomic E-state index is 12.2. The van der Waals surface area contributed by atoms with Crippen LogP contribution in [0.2, 0.25) is 0 Å². The molecule has 0 bridgehead atoms. The molecule has 0 aromatic heterocycles. The fourth-order valence-electron chi connectivity index (χ4n) is 2.02. The van der Waals surface area contributed by atoms with Crippen molar-refractivity contribution in [3.05, 3.63) is 29.3 Å². The van der Waals surface area contributed by atoms with E-state index < -0.39 is 15.8 Å². The molecule has 4 nitrogen and oxygen atoms in total. The van der Waals surface area contributed by atoms with Crippen LogP contribution in [0.25, 0.3) is 0 Å². The third kappa shape index (κ3) is 2.72. The standard InChI is InChI=1S/C13H16O4S/c1-9-11(13(14)15)3-2-4-12(9)18(16,17)8-7-10-5-6-10/h2-4,10H,5-8H2,1H3,(H,14,15). The first-order chi connectivity index (χ1) is 8.42. The summed E-state index contributed by atoms with van der Waals surface area (Å²) in [4.78, 5) is 11.1. The smallest absolute Gasteiger partial charge is 0.335 e. The molecule has 0 heterocycles. The first-order valence-electron chi connectivity index (χ1n) is 5.97. The fourth-order valence-corrected chi connectivity index (χ4v) is 3.75. The Labute approximate surface area is 107 Å². The van der Waals surface area contributed by atoms with Gasteiger partial charge in [0.05, 0.1) is 16.2 Å². The molecule has 1 saturated carbocycles. The topological polar surface area (TPSA) is 71.4 Å². The SMILES string of the molecule is Cc1c(C(=O)O)cccc1S(=O)(=O)CCC1CC1. The zero-order valence-electron chi connectivity index (χ0n) is 10.2. The van der Waals surface area contributed by atoms with Gasteiger partial charge in [-0.3, -0.25) is 0 Å². The number of benzene rings is 1. The van der Waals surface area contributed by atoms with Gasteiger partial charge in [0.1, 0.15) is 0 Å². The van der Waals surface area contributed by atoms with Crippen LogP contribution in [-0.2, 0) is 9.84 Å². The summed E-state index contributed by atoms with van der Waals surface area (Å²) in [6.07, 6.45) is 2.91. The Balaban J connectivity index is 2.31. The molecule has 0 aliphatic heterocycles. The molecule has 0 radical (unpaired) electrons. The molecule has 1 aliphatic carbocycles. The Morgan fingerprint density at radius 2 is 2.06 bits per heavy atom. The molecule has 0 unspecified atom stereocenters. The summed E-state index contributed by atoms with van der Waals surface area (Å²) in [7, 11) is -3.37. The average molecular weight is 268 g/mol. The highest BCUT2D eigenvalue weighted by atomic mass is 32.2. The molecule has 0 saturated heterocycles. The molecule has 2 rings (SSSR count). The summed E-state index contributed by atoms with van der Waals surface area (Å²) in [5, 5.41) is 8.99. The van der Waals surface area contributed by atoms with Crippen molar-refractivity contribution in [1.29, 1.82) is 0 Å². The molecule has 5 heteroatoms. The van der Waals surface area contributed by atoms with Crippen molar-refractivity contribution < 1.29 is 18.3 Å². The van der Waals surface area contributed by atoms with E-state index in [0.29, 0.717) is 17.9 Å². The number of carbonyl (C=O) groups is 1. The highest BCUT2D eigenvalue weighted by Crippen LogP contribution is 2.33. The highest BCUT2D eigenvalue weighted by molar-refractivity contribution is 7.91. The number of aromatic carboxylic acids is 1. The zero-order chi connectivity index (χ0) is 13.3. The predicted molar refractivity (Wildman–Crippen MR) is 67.5 cm³/mol. The number of carboxylic acid groups (broad SMARTS) is 1. The third-order valence-electron chi connectivity index (χ3n) is 3.34. The van der Waals surface area contributed by atoms with E-state index in [-0.39, 0.29) is 16.2 Å². The number of hydrogen-bond acceptors (Lipinski definition) is 3. The van der Waals surface area contributed by atoms with Crippen molar-refractivity contribution in [1.82, 2.24) is 0 Å². The van der Waals surface area contributed by atoms with Gasteiger partial charge in [0.2, 0.25) is 0 Å². The molecule has 1 aromatic rings. The number of carboxylic acids is 1. The largest absolute Gasteiger partial charge is 0.478 e. The van der Waals surface area contributed by atoms with Crippen LogP contribution < -0.4 is 0 Å². The summed E-state index contributed by atoms with van der Waals surface area (Å²) in [6, 6.07) is 4.40. The minimum absolute atomic E-state index is 0.0579.